The summed E-state index contributed by atoms with van der Waals surface area (Å²) in [6, 6.07) is 0. The van der Waals surface area contributed by atoms with E-state index in [-0.39, 0.29) is 17.9 Å². The maximum absolute atomic E-state index is 12.1. The molecule has 0 bridgehead atoms. The third kappa shape index (κ3) is 19.4. The van der Waals surface area contributed by atoms with Gasteiger partial charge in [-0.3, -0.25) is 9.59 Å². The molecule has 0 saturated heterocycles. The molecule has 0 heterocycles. The van der Waals surface area contributed by atoms with E-state index in [9.17, 15) is 9.59 Å². The fraction of sp³-hybridized carbons (Fsp3) is 0.926. The molecule has 4 nitrogen and oxygen atoms in total. The number of carbonyl (C=O) groups is 2. The van der Waals surface area contributed by atoms with Crippen LogP contribution in [0.1, 0.15) is 137 Å². The third-order valence-corrected chi connectivity index (χ3v) is 6.27. The van der Waals surface area contributed by atoms with Crippen LogP contribution in [0.15, 0.2) is 0 Å². The van der Waals surface area contributed by atoms with Gasteiger partial charge < -0.3 is 9.47 Å². The molecule has 0 rings (SSSR count). The van der Waals surface area contributed by atoms with E-state index in [4.69, 9.17) is 9.47 Å². The molecule has 31 heavy (non-hydrogen) atoms. The molecule has 0 saturated carbocycles. The van der Waals surface area contributed by atoms with Crippen molar-refractivity contribution in [1.29, 1.82) is 0 Å². The predicted octanol–water partition coefficient (Wildman–Crippen LogP) is 8.02. The van der Waals surface area contributed by atoms with Crippen LogP contribution in [0.2, 0.25) is 0 Å². The van der Waals surface area contributed by atoms with Crippen molar-refractivity contribution in [3.8, 4) is 0 Å². The quantitative estimate of drug-likeness (QED) is 0.126. The highest BCUT2D eigenvalue weighted by atomic mass is 16.5. The second kappa shape index (κ2) is 22.1. The fourth-order valence-electron chi connectivity index (χ4n) is 3.72. The van der Waals surface area contributed by atoms with E-state index in [1.165, 1.54) is 57.8 Å². The molecule has 2 unspecified atom stereocenters. The molecule has 0 N–H and O–H groups in total. The molecular formula is C27H52O4. The van der Waals surface area contributed by atoms with Gasteiger partial charge in [0.25, 0.3) is 0 Å². The zero-order valence-corrected chi connectivity index (χ0v) is 21.2. The minimum Gasteiger partial charge on any atom is -0.466 e. The molecule has 0 aliphatic carbocycles. The zero-order chi connectivity index (χ0) is 23.2. The second-order valence-corrected chi connectivity index (χ2v) is 9.29. The van der Waals surface area contributed by atoms with Crippen LogP contribution in [0.4, 0.5) is 0 Å². The lowest BCUT2D eigenvalue weighted by atomic mass is 9.90. The largest absolute Gasteiger partial charge is 0.466 e. The predicted molar refractivity (Wildman–Crippen MR) is 130 cm³/mol. The van der Waals surface area contributed by atoms with Crippen LogP contribution in [-0.2, 0) is 19.1 Å². The van der Waals surface area contributed by atoms with Crippen molar-refractivity contribution in [2.75, 3.05) is 13.2 Å². The maximum Gasteiger partial charge on any atom is 0.308 e. The summed E-state index contributed by atoms with van der Waals surface area (Å²) in [5.41, 5.74) is 0. The number of rotatable bonds is 22. The van der Waals surface area contributed by atoms with Crippen molar-refractivity contribution < 1.29 is 19.1 Å². The van der Waals surface area contributed by atoms with Crippen molar-refractivity contribution in [3.05, 3.63) is 0 Å². The van der Waals surface area contributed by atoms with Crippen LogP contribution < -0.4 is 0 Å². The first kappa shape index (κ1) is 29.9. The summed E-state index contributed by atoms with van der Waals surface area (Å²) in [4.78, 5) is 23.8. The molecule has 0 radical (unpaired) electrons. The van der Waals surface area contributed by atoms with E-state index in [2.05, 4.69) is 20.8 Å². The Hall–Kier alpha value is -1.06. The average Bonchev–Trinajstić information content (AvgIpc) is 2.76. The monoisotopic (exact) mass is 440 g/mol. The SMILES string of the molecule is CCCCCCOC(=O)CCCCCCCCCC(C)C(C)C(=O)OCCCCCC. The lowest BCUT2D eigenvalue weighted by molar-refractivity contribution is -0.150. The minimum atomic E-state index is -0.0286. The van der Waals surface area contributed by atoms with E-state index >= 15 is 0 Å². The molecule has 0 aliphatic rings. The molecule has 0 aromatic rings. The number of esters is 2. The lowest BCUT2D eigenvalue weighted by Gasteiger charge is -2.18. The molecular weight excluding hydrogens is 388 g/mol. The zero-order valence-electron chi connectivity index (χ0n) is 21.2. The number of unbranched alkanes of at least 4 members (excludes halogenated alkanes) is 12. The summed E-state index contributed by atoms with van der Waals surface area (Å²) in [6.07, 6.45) is 18.9. The number of hydrogen-bond donors (Lipinski definition) is 0. The van der Waals surface area contributed by atoms with Crippen molar-refractivity contribution >= 4 is 11.9 Å². The highest BCUT2D eigenvalue weighted by Crippen LogP contribution is 2.21. The molecule has 184 valence electrons. The molecule has 0 aliphatic heterocycles. The van der Waals surface area contributed by atoms with E-state index in [0.29, 0.717) is 25.6 Å². The normalized spacial score (nSPS) is 13.0. The van der Waals surface area contributed by atoms with Crippen molar-refractivity contribution in [1.82, 2.24) is 0 Å². The van der Waals surface area contributed by atoms with Crippen molar-refractivity contribution in [2.45, 2.75) is 137 Å². The molecule has 0 spiro atoms. The first-order valence-electron chi connectivity index (χ1n) is 13.3. The van der Waals surface area contributed by atoms with Crippen LogP contribution in [-0.4, -0.2) is 25.2 Å². The van der Waals surface area contributed by atoms with Gasteiger partial charge in [0.05, 0.1) is 19.1 Å². The molecule has 0 aromatic carbocycles. The average molecular weight is 441 g/mol. The van der Waals surface area contributed by atoms with Crippen LogP contribution in [0, 0.1) is 11.8 Å². The Balaban J connectivity index is 3.50. The standard InChI is InChI=1S/C27H52O4/c1-5-7-9-18-22-30-26(28)21-17-15-13-11-12-14-16-20-24(3)25(4)27(29)31-23-19-10-8-6-2/h24-25H,5-23H2,1-4H3. The molecule has 0 fully saturated rings. The van der Waals surface area contributed by atoms with Crippen LogP contribution in [0.3, 0.4) is 0 Å². The number of hydrogen-bond acceptors (Lipinski definition) is 4. The van der Waals surface area contributed by atoms with Gasteiger partial charge in [0.2, 0.25) is 0 Å². The Bertz CT molecular complexity index is 421. The van der Waals surface area contributed by atoms with E-state index in [1.807, 2.05) is 6.92 Å². The first-order valence-corrected chi connectivity index (χ1v) is 13.3. The van der Waals surface area contributed by atoms with E-state index in [1.54, 1.807) is 0 Å². The van der Waals surface area contributed by atoms with Crippen LogP contribution in [0.5, 0.6) is 0 Å². The van der Waals surface area contributed by atoms with Gasteiger partial charge >= 0.3 is 11.9 Å². The summed E-state index contributed by atoms with van der Waals surface area (Å²) >= 11 is 0. The van der Waals surface area contributed by atoms with Crippen molar-refractivity contribution in [2.24, 2.45) is 11.8 Å². The van der Waals surface area contributed by atoms with Crippen molar-refractivity contribution in [3.63, 3.8) is 0 Å². The summed E-state index contributed by atoms with van der Waals surface area (Å²) in [7, 11) is 0. The summed E-state index contributed by atoms with van der Waals surface area (Å²) in [5, 5.41) is 0. The van der Waals surface area contributed by atoms with Gasteiger partial charge in [-0.25, -0.2) is 0 Å². The fourth-order valence-corrected chi connectivity index (χ4v) is 3.72. The molecule has 0 aromatic heterocycles. The maximum atomic E-state index is 12.1. The second-order valence-electron chi connectivity index (χ2n) is 9.29. The van der Waals surface area contributed by atoms with Gasteiger partial charge in [0.1, 0.15) is 0 Å². The van der Waals surface area contributed by atoms with Crippen LogP contribution in [0.25, 0.3) is 0 Å². The highest BCUT2D eigenvalue weighted by molar-refractivity contribution is 5.72. The number of ether oxygens (including phenoxy) is 2. The minimum absolute atomic E-state index is 0.00224. The number of carbonyl (C=O) groups excluding carboxylic acids is 2. The molecule has 2 atom stereocenters. The molecule has 4 heteroatoms. The topological polar surface area (TPSA) is 52.6 Å². The highest BCUT2D eigenvalue weighted by Gasteiger charge is 2.21. The Labute approximate surface area is 193 Å². The molecule has 0 amide bonds. The van der Waals surface area contributed by atoms with Gasteiger partial charge in [-0.2, -0.15) is 0 Å². The van der Waals surface area contributed by atoms with E-state index in [0.717, 1.165) is 44.9 Å². The van der Waals surface area contributed by atoms with Gasteiger partial charge in [-0.1, -0.05) is 105 Å². The Morgan fingerprint density at radius 3 is 1.68 bits per heavy atom. The van der Waals surface area contributed by atoms with Gasteiger partial charge in [-0.15, -0.1) is 0 Å². The van der Waals surface area contributed by atoms with E-state index < -0.39 is 0 Å². The third-order valence-electron chi connectivity index (χ3n) is 6.27. The van der Waals surface area contributed by atoms with Crippen LogP contribution >= 0.6 is 0 Å². The van der Waals surface area contributed by atoms with Gasteiger partial charge in [0.15, 0.2) is 0 Å². The Morgan fingerprint density at radius 1 is 0.613 bits per heavy atom. The lowest BCUT2D eigenvalue weighted by Crippen LogP contribution is -2.22. The summed E-state index contributed by atoms with van der Waals surface area (Å²) < 4.78 is 10.7. The Morgan fingerprint density at radius 2 is 1.10 bits per heavy atom. The summed E-state index contributed by atoms with van der Waals surface area (Å²) in [5.74, 6) is 0.330. The smallest absolute Gasteiger partial charge is 0.308 e. The Kier molecular flexibility index (Phi) is 21.4. The summed E-state index contributed by atoms with van der Waals surface area (Å²) in [6.45, 7) is 9.72. The van der Waals surface area contributed by atoms with Gasteiger partial charge in [-0.05, 0) is 31.6 Å². The van der Waals surface area contributed by atoms with Gasteiger partial charge in [0, 0.05) is 6.42 Å². The first-order chi connectivity index (χ1) is 15.0.